The molecule has 0 saturated carbocycles. The van der Waals surface area contributed by atoms with Crippen molar-refractivity contribution in [3.8, 4) is 5.75 Å². The van der Waals surface area contributed by atoms with Crippen molar-refractivity contribution in [1.29, 1.82) is 0 Å². The van der Waals surface area contributed by atoms with E-state index in [2.05, 4.69) is 26.8 Å². The average molecular weight is 518 g/mol. The largest absolute Gasteiger partial charge is 0.497 e. The number of aromatic nitrogens is 3. The molecular weight excluding hydrogens is 497 g/mol. The number of carbonyl (C=O) groups is 1. The van der Waals surface area contributed by atoms with E-state index in [0.717, 1.165) is 28.1 Å². The van der Waals surface area contributed by atoms with E-state index >= 15 is 0 Å². The smallest absolute Gasteiger partial charge is 0.250 e. The third-order valence-electron chi connectivity index (χ3n) is 5.63. The minimum Gasteiger partial charge on any atom is -0.497 e. The van der Waals surface area contributed by atoms with Gasteiger partial charge in [0.1, 0.15) is 11.8 Å². The van der Waals surface area contributed by atoms with Crippen LogP contribution >= 0.6 is 23.2 Å². The van der Waals surface area contributed by atoms with Crippen molar-refractivity contribution in [1.82, 2.24) is 14.8 Å². The standard InChI is InChI=1S/C27H21Cl2N5O2/c1-36-21-13-8-19(9-14-21)24-16-23(18-6-11-20(28)12-7-18)30-27-32-26(33-34(24)27)31-25(35)15-10-17-4-2-3-5-22(17)29/h2-16,24H,1H3,(H2,30,31,32,33,35)/b15-10+/t24-/m1/s1. The molecule has 4 aromatic rings. The summed E-state index contributed by atoms with van der Waals surface area (Å²) in [5.74, 6) is 1.06. The van der Waals surface area contributed by atoms with Gasteiger partial charge in [0.2, 0.25) is 5.95 Å². The summed E-state index contributed by atoms with van der Waals surface area (Å²) < 4.78 is 7.03. The van der Waals surface area contributed by atoms with Gasteiger partial charge in [-0.25, -0.2) is 4.68 Å². The quantitative estimate of drug-likeness (QED) is 0.293. The van der Waals surface area contributed by atoms with Gasteiger partial charge in [-0.3, -0.25) is 10.1 Å². The van der Waals surface area contributed by atoms with Gasteiger partial charge < -0.3 is 10.1 Å². The molecule has 36 heavy (non-hydrogen) atoms. The summed E-state index contributed by atoms with van der Waals surface area (Å²) in [5.41, 5.74) is 3.51. The molecule has 0 unspecified atom stereocenters. The molecule has 1 aromatic heterocycles. The van der Waals surface area contributed by atoms with Crippen LogP contribution in [0.1, 0.15) is 22.7 Å². The number of methoxy groups -OCH3 is 1. The highest BCUT2D eigenvalue weighted by Gasteiger charge is 2.25. The van der Waals surface area contributed by atoms with E-state index in [1.165, 1.54) is 6.08 Å². The predicted octanol–water partition coefficient (Wildman–Crippen LogP) is 6.30. The lowest BCUT2D eigenvalue weighted by Crippen LogP contribution is -2.20. The molecule has 0 spiro atoms. The molecule has 0 aliphatic carbocycles. The molecule has 1 amide bonds. The molecule has 0 fully saturated rings. The van der Waals surface area contributed by atoms with Crippen LogP contribution in [-0.2, 0) is 4.79 Å². The first-order valence-corrected chi connectivity index (χ1v) is 11.8. The average Bonchev–Trinajstić information content (AvgIpc) is 3.30. The van der Waals surface area contributed by atoms with Crippen molar-refractivity contribution in [2.45, 2.75) is 6.04 Å². The monoisotopic (exact) mass is 517 g/mol. The van der Waals surface area contributed by atoms with Crippen molar-refractivity contribution in [3.05, 3.63) is 112 Å². The summed E-state index contributed by atoms with van der Waals surface area (Å²) in [5, 5.41) is 11.8. The minimum atomic E-state index is -0.371. The Morgan fingerprint density at radius 1 is 1.06 bits per heavy atom. The fourth-order valence-corrected chi connectivity index (χ4v) is 4.13. The summed E-state index contributed by atoms with van der Waals surface area (Å²) in [6.07, 6.45) is 5.09. The summed E-state index contributed by atoms with van der Waals surface area (Å²) in [7, 11) is 1.63. The summed E-state index contributed by atoms with van der Waals surface area (Å²) in [6, 6.07) is 22.3. The number of amides is 1. The molecule has 180 valence electrons. The number of carbonyl (C=O) groups excluding carboxylic acids is 1. The molecule has 5 rings (SSSR count). The molecule has 2 N–H and O–H groups in total. The molecule has 3 aromatic carbocycles. The van der Waals surface area contributed by atoms with E-state index in [1.54, 1.807) is 23.9 Å². The number of nitrogens with one attached hydrogen (secondary N) is 2. The number of halogens is 2. The maximum atomic E-state index is 12.6. The van der Waals surface area contributed by atoms with Crippen molar-refractivity contribution in [3.63, 3.8) is 0 Å². The Labute approximate surface area is 218 Å². The van der Waals surface area contributed by atoms with Gasteiger partial charge in [0.25, 0.3) is 11.9 Å². The Morgan fingerprint density at radius 2 is 1.81 bits per heavy atom. The topological polar surface area (TPSA) is 81.1 Å². The van der Waals surface area contributed by atoms with Crippen molar-refractivity contribution >= 4 is 52.8 Å². The maximum absolute atomic E-state index is 12.6. The predicted molar refractivity (Wildman–Crippen MR) is 143 cm³/mol. The van der Waals surface area contributed by atoms with E-state index in [1.807, 2.05) is 66.7 Å². The van der Waals surface area contributed by atoms with Gasteiger partial charge in [-0.1, -0.05) is 65.7 Å². The molecule has 1 aliphatic rings. The van der Waals surface area contributed by atoms with E-state index in [-0.39, 0.29) is 17.9 Å². The van der Waals surface area contributed by atoms with Crippen LogP contribution in [0.2, 0.25) is 10.0 Å². The number of rotatable bonds is 6. The molecular formula is C27H21Cl2N5O2. The number of hydrogen-bond acceptors (Lipinski definition) is 5. The van der Waals surface area contributed by atoms with Crippen LogP contribution < -0.4 is 15.4 Å². The van der Waals surface area contributed by atoms with Gasteiger partial charge in [0, 0.05) is 21.8 Å². The van der Waals surface area contributed by atoms with Crippen LogP contribution in [0.5, 0.6) is 5.75 Å². The normalized spacial score (nSPS) is 14.6. The molecule has 9 heteroatoms. The molecule has 0 bridgehead atoms. The van der Waals surface area contributed by atoms with Crippen LogP contribution in [-0.4, -0.2) is 27.8 Å². The van der Waals surface area contributed by atoms with Crippen LogP contribution in [0, 0.1) is 0 Å². The van der Waals surface area contributed by atoms with Crippen LogP contribution in [0.15, 0.2) is 84.9 Å². The van der Waals surface area contributed by atoms with Crippen LogP contribution in [0.3, 0.4) is 0 Å². The fourth-order valence-electron chi connectivity index (χ4n) is 3.81. The Balaban J connectivity index is 1.44. The molecule has 7 nitrogen and oxygen atoms in total. The summed E-state index contributed by atoms with van der Waals surface area (Å²) in [6.45, 7) is 0. The molecule has 2 heterocycles. The van der Waals surface area contributed by atoms with E-state index in [0.29, 0.717) is 16.0 Å². The lowest BCUT2D eigenvalue weighted by molar-refractivity contribution is -0.111. The van der Waals surface area contributed by atoms with Gasteiger partial charge in [0.15, 0.2) is 0 Å². The second-order valence-corrected chi connectivity index (χ2v) is 8.82. The first kappa shape index (κ1) is 23.7. The first-order chi connectivity index (χ1) is 17.5. The van der Waals surface area contributed by atoms with Gasteiger partial charge in [0.05, 0.1) is 7.11 Å². The number of allylic oxidation sites excluding steroid dienone is 1. The Hall–Kier alpha value is -4.07. The molecule has 1 atom stereocenters. The zero-order valence-corrected chi connectivity index (χ0v) is 20.7. The SMILES string of the molecule is COc1ccc([C@H]2C=C(c3ccc(Cl)cc3)Nc3nc(NC(=O)/C=C/c4ccccc4Cl)nn32)cc1. The van der Waals surface area contributed by atoms with Gasteiger partial charge in [-0.15, -0.1) is 5.10 Å². The third kappa shape index (κ3) is 5.12. The molecule has 0 saturated heterocycles. The second kappa shape index (κ2) is 10.3. The zero-order valence-electron chi connectivity index (χ0n) is 19.2. The van der Waals surface area contributed by atoms with E-state index < -0.39 is 0 Å². The Bertz CT molecular complexity index is 1460. The van der Waals surface area contributed by atoms with Crippen molar-refractivity contribution in [2.75, 3.05) is 17.7 Å². The van der Waals surface area contributed by atoms with Crippen LogP contribution in [0.4, 0.5) is 11.9 Å². The Kier molecular flexibility index (Phi) is 6.75. The van der Waals surface area contributed by atoms with Crippen molar-refractivity contribution < 1.29 is 9.53 Å². The highest BCUT2D eigenvalue weighted by molar-refractivity contribution is 6.32. The van der Waals surface area contributed by atoms with Gasteiger partial charge >= 0.3 is 0 Å². The van der Waals surface area contributed by atoms with Crippen molar-refractivity contribution in [2.24, 2.45) is 0 Å². The number of fused-ring (bicyclic) bond motifs is 1. The Morgan fingerprint density at radius 3 is 2.53 bits per heavy atom. The lowest BCUT2D eigenvalue weighted by Gasteiger charge is -2.24. The number of benzene rings is 3. The van der Waals surface area contributed by atoms with E-state index in [4.69, 9.17) is 27.9 Å². The fraction of sp³-hybridized carbons (Fsp3) is 0.0741. The van der Waals surface area contributed by atoms with Crippen LogP contribution in [0.25, 0.3) is 11.8 Å². The molecule has 0 radical (unpaired) electrons. The maximum Gasteiger partial charge on any atom is 0.250 e. The minimum absolute atomic E-state index is 0.176. The second-order valence-electron chi connectivity index (χ2n) is 7.98. The van der Waals surface area contributed by atoms with E-state index in [9.17, 15) is 4.79 Å². The number of nitrogens with zero attached hydrogens (tertiary/aromatic N) is 3. The summed E-state index contributed by atoms with van der Waals surface area (Å²) >= 11 is 12.2. The number of ether oxygens (including phenoxy) is 1. The highest BCUT2D eigenvalue weighted by Crippen LogP contribution is 2.34. The number of anilines is 2. The van der Waals surface area contributed by atoms with Gasteiger partial charge in [-0.2, -0.15) is 4.98 Å². The zero-order chi connectivity index (χ0) is 25.1. The molecule has 1 aliphatic heterocycles. The summed E-state index contributed by atoms with van der Waals surface area (Å²) in [4.78, 5) is 17.1. The first-order valence-electron chi connectivity index (χ1n) is 11.1. The lowest BCUT2D eigenvalue weighted by atomic mass is 10.0. The number of hydrogen-bond donors (Lipinski definition) is 2. The third-order valence-corrected chi connectivity index (χ3v) is 6.23. The van der Waals surface area contributed by atoms with Gasteiger partial charge in [-0.05, 0) is 59.2 Å². The highest BCUT2D eigenvalue weighted by atomic mass is 35.5.